The average Bonchev–Trinajstić information content (AvgIpc) is 2.63. The van der Waals surface area contributed by atoms with Crippen molar-refractivity contribution in [1.29, 1.82) is 0 Å². The summed E-state index contributed by atoms with van der Waals surface area (Å²) in [6, 6.07) is 15.2. The predicted octanol–water partition coefficient (Wildman–Crippen LogP) is 3.70. The lowest BCUT2D eigenvalue weighted by atomic mass is 10.0. The molecular formula is C19H13FN2O2. The van der Waals surface area contributed by atoms with Gasteiger partial charge >= 0.3 is 0 Å². The molecule has 0 radical (unpaired) electrons. The number of carbonyl (C=O) groups is 2. The van der Waals surface area contributed by atoms with Gasteiger partial charge in [0.1, 0.15) is 5.82 Å². The third-order valence-corrected chi connectivity index (χ3v) is 3.47. The largest absolute Gasteiger partial charge is 0.321 e. The van der Waals surface area contributed by atoms with Gasteiger partial charge in [0, 0.05) is 29.1 Å². The number of hydrogen-bond donors (Lipinski definition) is 1. The van der Waals surface area contributed by atoms with Gasteiger partial charge in [0.2, 0.25) is 0 Å². The first-order valence-electron chi connectivity index (χ1n) is 7.26. The van der Waals surface area contributed by atoms with Crippen molar-refractivity contribution in [3.63, 3.8) is 0 Å². The number of nitrogens with zero attached hydrogens (tertiary/aromatic N) is 1. The number of ketones is 1. The molecule has 3 rings (SSSR count). The van der Waals surface area contributed by atoms with Crippen LogP contribution in [0.1, 0.15) is 26.3 Å². The van der Waals surface area contributed by atoms with Crippen LogP contribution in [-0.4, -0.2) is 16.7 Å². The molecule has 1 aromatic heterocycles. The summed E-state index contributed by atoms with van der Waals surface area (Å²) in [5, 5.41) is 2.73. The summed E-state index contributed by atoms with van der Waals surface area (Å²) in [7, 11) is 0. The third-order valence-electron chi connectivity index (χ3n) is 3.47. The minimum Gasteiger partial charge on any atom is -0.321 e. The maximum absolute atomic E-state index is 13.0. The fourth-order valence-electron chi connectivity index (χ4n) is 2.24. The van der Waals surface area contributed by atoms with Gasteiger partial charge < -0.3 is 5.32 Å². The molecule has 1 amide bonds. The molecule has 1 N–H and O–H groups in total. The van der Waals surface area contributed by atoms with E-state index in [1.54, 1.807) is 36.4 Å². The Morgan fingerprint density at radius 2 is 1.50 bits per heavy atom. The number of rotatable bonds is 4. The lowest BCUT2D eigenvalue weighted by molar-refractivity contribution is 0.102. The number of para-hydroxylation sites is 1. The highest BCUT2D eigenvalue weighted by Gasteiger charge is 2.15. The van der Waals surface area contributed by atoms with Gasteiger partial charge in [-0.2, -0.15) is 0 Å². The molecule has 0 saturated heterocycles. The first-order valence-corrected chi connectivity index (χ1v) is 7.26. The van der Waals surface area contributed by atoms with Crippen LogP contribution < -0.4 is 5.32 Å². The Morgan fingerprint density at radius 3 is 2.21 bits per heavy atom. The van der Waals surface area contributed by atoms with Crippen molar-refractivity contribution in [2.24, 2.45) is 0 Å². The van der Waals surface area contributed by atoms with Crippen molar-refractivity contribution in [3.8, 4) is 0 Å². The quantitative estimate of drug-likeness (QED) is 0.746. The molecule has 1 heterocycles. The number of carbonyl (C=O) groups excluding carboxylic acids is 2. The highest BCUT2D eigenvalue weighted by atomic mass is 19.1. The van der Waals surface area contributed by atoms with Crippen molar-refractivity contribution in [3.05, 3.63) is 95.6 Å². The molecule has 118 valence electrons. The monoisotopic (exact) mass is 320 g/mol. The molecule has 0 bridgehead atoms. The zero-order valence-corrected chi connectivity index (χ0v) is 12.6. The number of anilines is 1. The second-order valence-corrected chi connectivity index (χ2v) is 5.07. The van der Waals surface area contributed by atoms with E-state index in [0.717, 1.165) is 0 Å². The van der Waals surface area contributed by atoms with Crippen molar-refractivity contribution >= 4 is 17.4 Å². The van der Waals surface area contributed by atoms with E-state index in [2.05, 4.69) is 10.3 Å². The molecule has 0 unspecified atom stereocenters. The number of aromatic nitrogens is 1. The molecule has 2 aromatic carbocycles. The SMILES string of the molecule is O=C(Nc1ccccc1C(=O)c1ccc(F)cc1)c1ccncc1. The first kappa shape index (κ1) is 15.6. The zero-order chi connectivity index (χ0) is 16.9. The summed E-state index contributed by atoms with van der Waals surface area (Å²) in [4.78, 5) is 28.7. The van der Waals surface area contributed by atoms with E-state index >= 15 is 0 Å². The van der Waals surface area contributed by atoms with Crippen molar-refractivity contribution in [2.75, 3.05) is 5.32 Å². The standard InChI is InChI=1S/C19H13FN2O2/c20-15-7-5-13(6-8-15)18(23)16-3-1-2-4-17(16)22-19(24)14-9-11-21-12-10-14/h1-12H,(H,22,24). The van der Waals surface area contributed by atoms with E-state index in [9.17, 15) is 14.0 Å². The smallest absolute Gasteiger partial charge is 0.255 e. The van der Waals surface area contributed by atoms with Gasteiger partial charge in [0.25, 0.3) is 5.91 Å². The summed E-state index contributed by atoms with van der Waals surface area (Å²) in [5.41, 5.74) is 1.52. The average molecular weight is 320 g/mol. The number of pyridine rings is 1. The summed E-state index contributed by atoms with van der Waals surface area (Å²) in [6.45, 7) is 0. The Bertz CT molecular complexity index is 877. The maximum atomic E-state index is 13.0. The topological polar surface area (TPSA) is 59.1 Å². The van der Waals surface area contributed by atoms with Crippen LogP contribution in [0.2, 0.25) is 0 Å². The summed E-state index contributed by atoms with van der Waals surface area (Å²) in [6.07, 6.45) is 3.04. The highest BCUT2D eigenvalue weighted by Crippen LogP contribution is 2.20. The Kier molecular flexibility index (Phi) is 4.43. The molecule has 3 aromatic rings. The highest BCUT2D eigenvalue weighted by molar-refractivity contribution is 6.15. The first-order chi connectivity index (χ1) is 11.6. The number of nitrogens with one attached hydrogen (secondary N) is 1. The van der Waals surface area contributed by atoms with Gasteiger partial charge in [-0.3, -0.25) is 14.6 Å². The fourth-order valence-corrected chi connectivity index (χ4v) is 2.24. The molecule has 0 aliphatic rings. The molecule has 0 atom stereocenters. The third kappa shape index (κ3) is 3.35. The summed E-state index contributed by atoms with van der Waals surface area (Å²) in [5.74, 6) is -1.04. The summed E-state index contributed by atoms with van der Waals surface area (Å²) >= 11 is 0. The lowest BCUT2D eigenvalue weighted by Gasteiger charge is -2.10. The Morgan fingerprint density at radius 1 is 0.833 bits per heavy atom. The van der Waals surface area contributed by atoms with Crippen molar-refractivity contribution in [1.82, 2.24) is 4.98 Å². The number of hydrogen-bond acceptors (Lipinski definition) is 3. The normalized spacial score (nSPS) is 10.2. The molecule has 0 saturated carbocycles. The molecule has 0 aliphatic heterocycles. The fraction of sp³-hybridized carbons (Fsp3) is 0. The van der Waals surface area contributed by atoms with E-state index in [0.29, 0.717) is 22.4 Å². The van der Waals surface area contributed by atoms with Crippen LogP contribution in [0, 0.1) is 5.82 Å². The Hall–Kier alpha value is -3.34. The van der Waals surface area contributed by atoms with E-state index in [-0.39, 0.29) is 11.7 Å². The Labute approximate surface area is 138 Å². The van der Waals surface area contributed by atoms with Gasteiger partial charge in [-0.25, -0.2) is 4.39 Å². The minimum atomic E-state index is -0.411. The minimum absolute atomic E-state index is 0.291. The molecule has 4 nitrogen and oxygen atoms in total. The predicted molar refractivity (Wildman–Crippen MR) is 88.5 cm³/mol. The summed E-state index contributed by atoms with van der Waals surface area (Å²) < 4.78 is 13.0. The second-order valence-electron chi connectivity index (χ2n) is 5.07. The second kappa shape index (κ2) is 6.83. The van der Waals surface area contributed by atoms with Gasteiger partial charge in [0.15, 0.2) is 5.78 Å². The number of benzene rings is 2. The van der Waals surface area contributed by atoms with Gasteiger partial charge in [-0.1, -0.05) is 12.1 Å². The molecular weight excluding hydrogens is 307 g/mol. The van der Waals surface area contributed by atoms with Gasteiger partial charge in [0.05, 0.1) is 5.69 Å². The van der Waals surface area contributed by atoms with E-state index in [4.69, 9.17) is 0 Å². The van der Waals surface area contributed by atoms with Crippen LogP contribution in [0.3, 0.4) is 0 Å². The van der Waals surface area contributed by atoms with Crippen molar-refractivity contribution < 1.29 is 14.0 Å². The van der Waals surface area contributed by atoms with Crippen LogP contribution in [0.5, 0.6) is 0 Å². The van der Waals surface area contributed by atoms with Crippen LogP contribution in [0.15, 0.2) is 73.1 Å². The number of halogens is 1. The van der Waals surface area contributed by atoms with Crippen molar-refractivity contribution in [2.45, 2.75) is 0 Å². The molecule has 5 heteroatoms. The lowest BCUT2D eigenvalue weighted by Crippen LogP contribution is -2.15. The Balaban J connectivity index is 1.89. The maximum Gasteiger partial charge on any atom is 0.255 e. The molecule has 24 heavy (non-hydrogen) atoms. The number of amides is 1. The molecule has 0 aliphatic carbocycles. The van der Waals surface area contributed by atoms with E-state index < -0.39 is 5.82 Å². The zero-order valence-electron chi connectivity index (χ0n) is 12.6. The molecule has 0 fully saturated rings. The molecule has 0 spiro atoms. The van der Waals surface area contributed by atoms with Gasteiger partial charge in [-0.15, -0.1) is 0 Å². The van der Waals surface area contributed by atoms with E-state index in [1.165, 1.54) is 36.7 Å². The van der Waals surface area contributed by atoms with Gasteiger partial charge in [-0.05, 0) is 48.5 Å². The van der Waals surface area contributed by atoms with Crippen LogP contribution in [0.4, 0.5) is 10.1 Å². The van der Waals surface area contributed by atoms with Crippen LogP contribution >= 0.6 is 0 Å². The van der Waals surface area contributed by atoms with E-state index in [1.807, 2.05) is 0 Å². The van der Waals surface area contributed by atoms with Crippen LogP contribution in [0.25, 0.3) is 0 Å². The van der Waals surface area contributed by atoms with Crippen LogP contribution in [-0.2, 0) is 0 Å².